The van der Waals surface area contributed by atoms with Crippen LogP contribution < -0.4 is 14.8 Å². The van der Waals surface area contributed by atoms with E-state index >= 15 is 0 Å². The summed E-state index contributed by atoms with van der Waals surface area (Å²) in [4.78, 5) is 47.7. The zero-order valence-corrected chi connectivity index (χ0v) is 32.5. The molecule has 0 saturated carbocycles. The number of hydrogen-bond donors (Lipinski definition) is 4. The topological polar surface area (TPSA) is 187 Å². The van der Waals surface area contributed by atoms with Crippen LogP contribution in [0.5, 0.6) is 11.5 Å². The van der Waals surface area contributed by atoms with E-state index in [0.29, 0.717) is 62.5 Å². The number of carbonyl (C=O) groups excluding carboxylic acids is 1. The van der Waals surface area contributed by atoms with Crippen LogP contribution in [0.4, 0.5) is 0 Å². The zero-order valence-electron chi connectivity index (χ0n) is 31.5. The number of aliphatic carboxylic acids is 2. The molecule has 55 heavy (non-hydrogen) atoms. The molecule has 13 nitrogen and oxygen atoms in total. The number of benzene rings is 4. The van der Waals surface area contributed by atoms with Gasteiger partial charge in [-0.3, -0.25) is 14.4 Å². The van der Waals surface area contributed by atoms with Crippen LogP contribution in [-0.2, 0) is 41.3 Å². The lowest BCUT2D eigenvalue weighted by Gasteiger charge is -2.28. The predicted octanol–water partition coefficient (Wildman–Crippen LogP) is 6.48. The third-order valence-electron chi connectivity index (χ3n) is 8.37. The van der Waals surface area contributed by atoms with E-state index in [9.17, 15) is 29.4 Å². The molecule has 4 N–H and O–H groups in total. The summed E-state index contributed by atoms with van der Waals surface area (Å²) in [5, 5.41) is 31.7. The van der Waals surface area contributed by atoms with Crippen LogP contribution in [0.3, 0.4) is 0 Å². The number of carbonyl (C=O) groups is 4. The van der Waals surface area contributed by atoms with E-state index in [2.05, 4.69) is 5.32 Å². The molecule has 0 spiro atoms. The lowest BCUT2D eigenvalue weighted by Crippen LogP contribution is -2.46. The first-order valence-corrected chi connectivity index (χ1v) is 19.8. The molecule has 0 fully saturated rings. The van der Waals surface area contributed by atoms with Gasteiger partial charge >= 0.3 is 26.7 Å². The molecule has 4 aromatic rings. The maximum atomic E-state index is 12.2. The quantitative estimate of drug-likeness (QED) is 0.0411. The van der Waals surface area contributed by atoms with Crippen LogP contribution in [0, 0.1) is 0 Å². The molecule has 0 saturated heterocycles. The van der Waals surface area contributed by atoms with Crippen LogP contribution in [0.1, 0.15) is 64.6 Å². The van der Waals surface area contributed by atoms with E-state index in [4.69, 9.17) is 27.9 Å². The molecule has 294 valence electrons. The van der Waals surface area contributed by atoms with E-state index in [1.165, 1.54) is 31.4 Å². The number of methoxy groups -OCH3 is 1. The molecule has 0 bridgehead atoms. The number of carboxylic acid groups (broad SMARTS) is 3. The molecule has 0 atom stereocenters. The lowest BCUT2D eigenvalue weighted by atomic mass is 9.75. The minimum atomic E-state index is -2.72. The summed E-state index contributed by atoms with van der Waals surface area (Å²) in [5.41, 5.74) is -0.314. The van der Waals surface area contributed by atoms with Crippen molar-refractivity contribution in [2.75, 3.05) is 33.5 Å². The molecule has 0 unspecified atom stereocenters. The maximum Gasteiger partial charge on any atom is 0.500 e. The minimum absolute atomic E-state index is 0.0123. The molecule has 1 amide bonds. The van der Waals surface area contributed by atoms with E-state index in [0.717, 1.165) is 5.56 Å². The standard InChI is InChI=1S/C24H22O6.C17H27NO6Si/c1-29-20-13-12-18(14-21(20)30-16-17-8-4-2-5-9-17)15-24(22(25)26,23(27)28)19-10-6-3-7-11-19;1-4-22-25(23-5-2,24-6-3)13-9-12-18-16(19)14-10-7-8-11-15(14)17(20)21/h2-14H,15-16H2,1H3,(H,25,26)(H,27,28);7-8,10-11H,4-6,9,12-13H2,1-3H3,(H,18,19)(H,20,21). The van der Waals surface area contributed by atoms with Crippen LogP contribution in [-0.4, -0.2) is 81.4 Å². The third kappa shape index (κ3) is 12.2. The number of nitrogens with one attached hydrogen (secondary N) is 1. The van der Waals surface area contributed by atoms with Gasteiger partial charge in [0.05, 0.1) is 18.2 Å². The van der Waals surface area contributed by atoms with Crippen molar-refractivity contribution >= 4 is 32.6 Å². The Labute approximate surface area is 322 Å². The number of ether oxygens (including phenoxy) is 2. The Hall–Kier alpha value is -5.54. The normalized spacial score (nSPS) is 11.1. The monoisotopic (exact) mass is 775 g/mol. The van der Waals surface area contributed by atoms with Gasteiger partial charge in [-0.15, -0.1) is 0 Å². The fraction of sp³-hybridized carbons (Fsp3) is 0.317. The number of hydrogen-bond acceptors (Lipinski definition) is 9. The Morgan fingerprint density at radius 2 is 1.22 bits per heavy atom. The first-order chi connectivity index (χ1) is 26.5. The molecule has 0 aliphatic carbocycles. The number of carboxylic acids is 3. The molecular formula is C41H49NO12Si. The van der Waals surface area contributed by atoms with Gasteiger partial charge in [0, 0.05) is 38.8 Å². The van der Waals surface area contributed by atoms with Crippen molar-refractivity contribution in [3.8, 4) is 11.5 Å². The van der Waals surface area contributed by atoms with Crippen LogP contribution in [0.25, 0.3) is 0 Å². The predicted molar refractivity (Wildman–Crippen MR) is 207 cm³/mol. The highest BCUT2D eigenvalue weighted by Gasteiger charge is 2.48. The highest BCUT2D eigenvalue weighted by Crippen LogP contribution is 2.34. The van der Waals surface area contributed by atoms with Crippen molar-refractivity contribution in [3.05, 3.63) is 131 Å². The molecule has 4 rings (SSSR count). The lowest BCUT2D eigenvalue weighted by molar-refractivity contribution is -0.157. The van der Waals surface area contributed by atoms with Crippen molar-refractivity contribution in [1.29, 1.82) is 0 Å². The van der Waals surface area contributed by atoms with Crippen molar-refractivity contribution in [2.45, 2.75) is 51.7 Å². The Kier molecular flexibility index (Phi) is 17.5. The second-order valence-electron chi connectivity index (χ2n) is 12.0. The Morgan fingerprint density at radius 1 is 0.673 bits per heavy atom. The van der Waals surface area contributed by atoms with Crippen molar-refractivity contribution in [2.24, 2.45) is 0 Å². The second-order valence-corrected chi connectivity index (χ2v) is 14.7. The molecule has 14 heteroatoms. The van der Waals surface area contributed by atoms with Gasteiger partial charge in [-0.2, -0.15) is 0 Å². The Bertz CT molecular complexity index is 1810. The van der Waals surface area contributed by atoms with E-state index < -0.39 is 38.0 Å². The van der Waals surface area contributed by atoms with Crippen molar-refractivity contribution < 1.29 is 57.2 Å². The molecular weight excluding hydrogens is 727 g/mol. The maximum absolute atomic E-state index is 12.2. The van der Waals surface area contributed by atoms with E-state index in [1.807, 2.05) is 51.1 Å². The van der Waals surface area contributed by atoms with Gasteiger partial charge in [0.25, 0.3) is 5.91 Å². The SMILES string of the molecule is CCO[Si](CCCNC(=O)c1ccccc1C(=O)O)(OCC)OCC.COc1ccc(CC(C(=O)O)(C(=O)O)c2ccccc2)cc1OCc1ccccc1. The van der Waals surface area contributed by atoms with Gasteiger partial charge in [-0.1, -0.05) is 78.9 Å². The van der Waals surface area contributed by atoms with E-state index in [-0.39, 0.29) is 23.1 Å². The summed E-state index contributed by atoms with van der Waals surface area (Å²) in [6.07, 6.45) is 0.376. The second kappa shape index (κ2) is 22.0. The Morgan fingerprint density at radius 3 is 1.75 bits per heavy atom. The molecule has 0 radical (unpaired) electrons. The number of amides is 1. The van der Waals surface area contributed by atoms with Gasteiger partial charge in [0.2, 0.25) is 0 Å². The minimum Gasteiger partial charge on any atom is -0.493 e. The third-order valence-corrected chi connectivity index (χ3v) is 11.5. The van der Waals surface area contributed by atoms with Crippen LogP contribution >= 0.6 is 0 Å². The summed E-state index contributed by atoms with van der Waals surface area (Å²) < 4.78 is 28.5. The zero-order chi connectivity index (χ0) is 40.3. The summed E-state index contributed by atoms with van der Waals surface area (Å²) in [5.74, 6) is -3.49. The molecule has 0 aliphatic heterocycles. The Balaban J connectivity index is 0.000000301. The smallest absolute Gasteiger partial charge is 0.493 e. The fourth-order valence-electron chi connectivity index (χ4n) is 5.77. The fourth-order valence-corrected chi connectivity index (χ4v) is 8.38. The van der Waals surface area contributed by atoms with Gasteiger partial charge in [-0.25, -0.2) is 4.79 Å². The van der Waals surface area contributed by atoms with Gasteiger partial charge in [0.1, 0.15) is 6.61 Å². The highest BCUT2D eigenvalue weighted by molar-refractivity contribution is 6.60. The number of aromatic carboxylic acids is 1. The molecule has 0 aliphatic rings. The van der Waals surface area contributed by atoms with Gasteiger partial charge < -0.3 is 43.4 Å². The van der Waals surface area contributed by atoms with E-state index in [1.54, 1.807) is 48.5 Å². The molecule has 0 aromatic heterocycles. The van der Waals surface area contributed by atoms with Gasteiger partial charge in [-0.05, 0) is 68.1 Å². The average Bonchev–Trinajstić information content (AvgIpc) is 3.18. The summed E-state index contributed by atoms with van der Waals surface area (Å²) in [7, 11) is -1.21. The molecule has 0 heterocycles. The van der Waals surface area contributed by atoms with Crippen LogP contribution in [0.2, 0.25) is 6.04 Å². The largest absolute Gasteiger partial charge is 0.500 e. The molecule has 4 aromatic carbocycles. The van der Waals surface area contributed by atoms with Crippen molar-refractivity contribution in [3.63, 3.8) is 0 Å². The van der Waals surface area contributed by atoms with Gasteiger partial charge in [0.15, 0.2) is 16.9 Å². The van der Waals surface area contributed by atoms with Crippen molar-refractivity contribution in [1.82, 2.24) is 5.32 Å². The highest BCUT2D eigenvalue weighted by atomic mass is 28.4. The number of rotatable bonds is 21. The summed E-state index contributed by atoms with van der Waals surface area (Å²) in [6.45, 7) is 7.87. The first kappa shape index (κ1) is 43.9. The average molecular weight is 776 g/mol. The summed E-state index contributed by atoms with van der Waals surface area (Å²) >= 11 is 0. The van der Waals surface area contributed by atoms with Crippen LogP contribution in [0.15, 0.2) is 103 Å². The summed E-state index contributed by atoms with van der Waals surface area (Å²) in [6, 6.07) is 29.2. The first-order valence-electron chi connectivity index (χ1n) is 17.8.